The predicted molar refractivity (Wildman–Crippen MR) is 71.5 cm³/mol. The number of H-pyrrole nitrogens is 1. The van der Waals surface area contributed by atoms with Crippen molar-refractivity contribution in [1.82, 2.24) is 14.5 Å². The molecule has 0 aromatic carbocycles. The quantitative estimate of drug-likeness (QED) is 0.820. The van der Waals surface area contributed by atoms with Crippen molar-refractivity contribution in [3.63, 3.8) is 0 Å². The van der Waals surface area contributed by atoms with Gasteiger partial charge in [0.25, 0.3) is 0 Å². The maximum absolute atomic E-state index is 5.32. The van der Waals surface area contributed by atoms with E-state index in [9.17, 15) is 0 Å². The number of hydrogen-bond donors (Lipinski definition) is 1. The summed E-state index contributed by atoms with van der Waals surface area (Å²) in [7, 11) is 2.13. The van der Waals surface area contributed by atoms with Gasteiger partial charge in [-0.15, -0.1) is 0 Å². The van der Waals surface area contributed by atoms with Crippen LogP contribution in [0.15, 0.2) is 6.20 Å². The van der Waals surface area contributed by atoms with Gasteiger partial charge in [0.15, 0.2) is 4.77 Å². The standard InChI is InChI=1S/C12H23N3S/c1-6-14(5)7-8-15-10(12(2,3)4)9-13-11(15)16/h9H,6-8H2,1-5H3,(H,13,16). The molecule has 0 radical (unpaired) electrons. The van der Waals surface area contributed by atoms with Crippen molar-refractivity contribution in [2.24, 2.45) is 0 Å². The Bertz CT molecular complexity index is 384. The molecule has 0 saturated carbocycles. The first-order valence-electron chi connectivity index (χ1n) is 5.83. The molecule has 1 aromatic heterocycles. The topological polar surface area (TPSA) is 24.0 Å². The minimum atomic E-state index is 0.137. The molecule has 92 valence electrons. The first-order valence-corrected chi connectivity index (χ1v) is 6.24. The van der Waals surface area contributed by atoms with E-state index in [-0.39, 0.29) is 5.41 Å². The Labute approximate surface area is 103 Å². The third-order valence-corrected chi connectivity index (χ3v) is 3.22. The number of imidazole rings is 1. The summed E-state index contributed by atoms with van der Waals surface area (Å²) in [5.74, 6) is 0. The normalized spacial score (nSPS) is 12.4. The first kappa shape index (κ1) is 13.5. The van der Waals surface area contributed by atoms with Crippen molar-refractivity contribution in [3.05, 3.63) is 16.7 Å². The zero-order chi connectivity index (χ0) is 12.3. The van der Waals surface area contributed by atoms with E-state index < -0.39 is 0 Å². The van der Waals surface area contributed by atoms with Crippen molar-refractivity contribution in [2.75, 3.05) is 20.1 Å². The van der Waals surface area contributed by atoms with Gasteiger partial charge in [0.2, 0.25) is 0 Å². The molecule has 1 aromatic rings. The Kier molecular flexibility index (Phi) is 4.33. The van der Waals surface area contributed by atoms with Gasteiger partial charge in [-0.05, 0) is 25.8 Å². The lowest BCUT2D eigenvalue weighted by atomic mass is 9.92. The van der Waals surface area contributed by atoms with Gasteiger partial charge >= 0.3 is 0 Å². The monoisotopic (exact) mass is 241 g/mol. The highest BCUT2D eigenvalue weighted by Gasteiger charge is 2.19. The highest BCUT2D eigenvalue weighted by Crippen LogP contribution is 2.22. The molecule has 1 N–H and O–H groups in total. The number of nitrogens with zero attached hydrogens (tertiary/aromatic N) is 2. The van der Waals surface area contributed by atoms with Crippen LogP contribution in [0.2, 0.25) is 0 Å². The van der Waals surface area contributed by atoms with E-state index in [1.165, 1.54) is 5.69 Å². The van der Waals surface area contributed by atoms with Gasteiger partial charge in [0, 0.05) is 30.4 Å². The van der Waals surface area contributed by atoms with Crippen molar-refractivity contribution in [2.45, 2.75) is 39.7 Å². The summed E-state index contributed by atoms with van der Waals surface area (Å²) in [6, 6.07) is 0. The number of nitrogens with one attached hydrogen (secondary N) is 1. The maximum atomic E-state index is 5.32. The zero-order valence-corrected chi connectivity index (χ0v) is 11.8. The molecule has 0 unspecified atom stereocenters. The molecule has 1 heterocycles. The molecular weight excluding hydrogens is 218 g/mol. The van der Waals surface area contributed by atoms with Gasteiger partial charge < -0.3 is 14.5 Å². The number of hydrogen-bond acceptors (Lipinski definition) is 2. The van der Waals surface area contributed by atoms with Crippen LogP contribution >= 0.6 is 12.2 Å². The highest BCUT2D eigenvalue weighted by molar-refractivity contribution is 7.71. The summed E-state index contributed by atoms with van der Waals surface area (Å²) in [5.41, 5.74) is 1.42. The van der Waals surface area contributed by atoms with Crippen LogP contribution in [0.1, 0.15) is 33.4 Å². The van der Waals surface area contributed by atoms with Crippen LogP contribution in [0.25, 0.3) is 0 Å². The summed E-state index contributed by atoms with van der Waals surface area (Å²) in [5, 5.41) is 0. The molecule has 0 spiro atoms. The Morgan fingerprint density at radius 1 is 1.44 bits per heavy atom. The summed E-state index contributed by atoms with van der Waals surface area (Å²) in [6.45, 7) is 11.9. The zero-order valence-electron chi connectivity index (χ0n) is 11.0. The lowest BCUT2D eigenvalue weighted by molar-refractivity contribution is 0.329. The molecule has 3 nitrogen and oxygen atoms in total. The molecule has 0 aliphatic carbocycles. The van der Waals surface area contributed by atoms with Gasteiger partial charge in [-0.1, -0.05) is 27.7 Å². The van der Waals surface area contributed by atoms with Gasteiger partial charge in [0.05, 0.1) is 0 Å². The molecule has 0 atom stereocenters. The Hall–Kier alpha value is -0.610. The van der Waals surface area contributed by atoms with Crippen LogP contribution in [0.4, 0.5) is 0 Å². The average molecular weight is 241 g/mol. The van der Waals surface area contributed by atoms with Crippen LogP contribution in [0, 0.1) is 4.77 Å². The van der Waals surface area contributed by atoms with Crippen LogP contribution < -0.4 is 0 Å². The molecule has 4 heteroatoms. The third kappa shape index (κ3) is 3.19. The number of aromatic amines is 1. The lowest BCUT2D eigenvalue weighted by Gasteiger charge is -2.22. The fourth-order valence-electron chi connectivity index (χ4n) is 1.67. The molecule has 16 heavy (non-hydrogen) atoms. The van der Waals surface area contributed by atoms with Crippen molar-refractivity contribution in [3.8, 4) is 0 Å². The minimum absolute atomic E-state index is 0.137. The van der Waals surface area contributed by atoms with Gasteiger partial charge in [-0.2, -0.15) is 0 Å². The van der Waals surface area contributed by atoms with E-state index >= 15 is 0 Å². The van der Waals surface area contributed by atoms with Gasteiger partial charge in [-0.3, -0.25) is 0 Å². The summed E-state index contributed by atoms with van der Waals surface area (Å²) in [6.07, 6.45) is 2.04. The third-order valence-electron chi connectivity index (χ3n) is 2.88. The fourth-order valence-corrected chi connectivity index (χ4v) is 1.92. The van der Waals surface area contributed by atoms with Crippen molar-refractivity contribution >= 4 is 12.2 Å². The van der Waals surface area contributed by atoms with Crippen LogP contribution in [0.3, 0.4) is 0 Å². The molecule has 0 bridgehead atoms. The molecule has 0 fully saturated rings. The second kappa shape index (κ2) is 5.15. The minimum Gasteiger partial charge on any atom is -0.337 e. The number of likely N-dealkylation sites (N-methyl/N-ethyl adjacent to an activating group) is 1. The van der Waals surface area contributed by atoms with Crippen molar-refractivity contribution in [1.29, 1.82) is 0 Å². The predicted octanol–water partition coefficient (Wildman–Crippen LogP) is 2.79. The van der Waals surface area contributed by atoms with Crippen LogP contribution in [-0.2, 0) is 12.0 Å². The largest absolute Gasteiger partial charge is 0.337 e. The second-order valence-corrected chi connectivity index (χ2v) is 5.66. The molecule has 0 saturated heterocycles. The molecule has 0 aliphatic heterocycles. The molecule has 0 amide bonds. The lowest BCUT2D eigenvalue weighted by Crippen LogP contribution is -2.25. The van der Waals surface area contributed by atoms with E-state index in [0.29, 0.717) is 0 Å². The van der Waals surface area contributed by atoms with Gasteiger partial charge in [0.1, 0.15) is 0 Å². The number of rotatable bonds is 4. The van der Waals surface area contributed by atoms with E-state index in [2.05, 4.69) is 49.2 Å². The second-order valence-electron chi connectivity index (χ2n) is 5.28. The summed E-state index contributed by atoms with van der Waals surface area (Å²) >= 11 is 5.32. The Balaban J connectivity index is 2.87. The smallest absolute Gasteiger partial charge is 0.177 e. The SMILES string of the molecule is CCN(C)CCn1c(C(C)(C)C)c[nH]c1=S. The fraction of sp³-hybridized carbons (Fsp3) is 0.750. The molecule has 1 rings (SSSR count). The summed E-state index contributed by atoms with van der Waals surface area (Å²) in [4.78, 5) is 5.44. The van der Waals surface area contributed by atoms with E-state index in [1.54, 1.807) is 0 Å². The summed E-state index contributed by atoms with van der Waals surface area (Å²) < 4.78 is 3.04. The number of aromatic nitrogens is 2. The maximum Gasteiger partial charge on any atom is 0.177 e. The molecular formula is C12H23N3S. The Morgan fingerprint density at radius 2 is 2.06 bits per heavy atom. The Morgan fingerprint density at radius 3 is 2.56 bits per heavy atom. The highest BCUT2D eigenvalue weighted by atomic mass is 32.1. The van der Waals surface area contributed by atoms with Crippen LogP contribution in [0.5, 0.6) is 0 Å². The first-order chi connectivity index (χ1) is 7.36. The van der Waals surface area contributed by atoms with E-state index in [1.807, 2.05) is 6.20 Å². The van der Waals surface area contributed by atoms with E-state index in [0.717, 1.165) is 24.4 Å². The molecule has 0 aliphatic rings. The van der Waals surface area contributed by atoms with Crippen molar-refractivity contribution < 1.29 is 0 Å². The van der Waals surface area contributed by atoms with Gasteiger partial charge in [-0.25, -0.2) is 0 Å². The average Bonchev–Trinajstić information content (AvgIpc) is 2.55. The van der Waals surface area contributed by atoms with Crippen LogP contribution in [-0.4, -0.2) is 34.6 Å². The van der Waals surface area contributed by atoms with E-state index in [4.69, 9.17) is 12.2 Å².